The number of carbonyl (C=O) groups is 1. The molecular weight excluding hydrogens is 258 g/mol. The molecule has 1 saturated heterocycles. The molecule has 0 aromatic carbocycles. The van der Waals surface area contributed by atoms with Crippen LogP contribution in [0.4, 0.5) is 4.79 Å². The van der Waals surface area contributed by atoms with Crippen LogP contribution in [0, 0.1) is 0 Å². The fraction of sp³-hybridized carbons (Fsp3) is 0.800. The molecule has 5 heteroatoms. The van der Waals surface area contributed by atoms with Crippen molar-refractivity contribution in [3.8, 4) is 0 Å². The summed E-state index contributed by atoms with van der Waals surface area (Å²) >= 11 is 0. The molecule has 0 unspecified atom stereocenters. The van der Waals surface area contributed by atoms with Crippen LogP contribution in [-0.2, 0) is 9.47 Å². The van der Waals surface area contributed by atoms with Gasteiger partial charge in [0.25, 0.3) is 0 Å². The minimum absolute atomic E-state index is 0.0321. The van der Waals surface area contributed by atoms with Crippen molar-refractivity contribution in [2.24, 2.45) is 0 Å². The Balaban J connectivity index is 2.30. The summed E-state index contributed by atoms with van der Waals surface area (Å²) in [7, 11) is 0. The van der Waals surface area contributed by atoms with Gasteiger partial charge in [-0.05, 0) is 53.0 Å². The van der Waals surface area contributed by atoms with E-state index in [4.69, 9.17) is 9.47 Å². The van der Waals surface area contributed by atoms with E-state index in [1.165, 1.54) is 0 Å². The van der Waals surface area contributed by atoms with Gasteiger partial charge in [-0.25, -0.2) is 4.79 Å². The lowest BCUT2D eigenvalue weighted by atomic mass is 9.98. The third-order valence-electron chi connectivity index (χ3n) is 3.79. The van der Waals surface area contributed by atoms with Crippen LogP contribution in [0.5, 0.6) is 0 Å². The second-order valence-corrected chi connectivity index (χ2v) is 7.12. The van der Waals surface area contributed by atoms with Crippen molar-refractivity contribution in [1.29, 1.82) is 0 Å². The summed E-state index contributed by atoms with van der Waals surface area (Å²) in [5, 5.41) is 9.31. The molecule has 0 aromatic rings. The molecule has 114 valence electrons. The van der Waals surface area contributed by atoms with Gasteiger partial charge >= 0.3 is 6.09 Å². The fourth-order valence-electron chi connectivity index (χ4n) is 2.99. The number of nitrogens with zero attached hydrogens (tertiary/aromatic N) is 1. The van der Waals surface area contributed by atoms with Gasteiger partial charge in [-0.15, -0.1) is 0 Å². The Hall–Kier alpha value is -1.07. The average molecular weight is 283 g/mol. The highest BCUT2D eigenvalue weighted by molar-refractivity contribution is 5.71. The van der Waals surface area contributed by atoms with E-state index >= 15 is 0 Å². The summed E-state index contributed by atoms with van der Waals surface area (Å²) in [5.41, 5.74) is -0.771. The van der Waals surface area contributed by atoms with E-state index < -0.39 is 16.9 Å². The molecule has 0 saturated carbocycles. The Morgan fingerprint density at radius 1 is 1.50 bits per heavy atom. The quantitative estimate of drug-likeness (QED) is 0.751. The van der Waals surface area contributed by atoms with Gasteiger partial charge in [-0.1, -0.05) is 6.08 Å². The van der Waals surface area contributed by atoms with E-state index in [0.717, 1.165) is 18.4 Å². The topological polar surface area (TPSA) is 59.0 Å². The van der Waals surface area contributed by atoms with Crippen molar-refractivity contribution in [2.45, 2.75) is 64.3 Å². The maximum atomic E-state index is 12.6. The summed E-state index contributed by atoms with van der Waals surface area (Å²) in [6.45, 7) is 9.78. The van der Waals surface area contributed by atoms with Gasteiger partial charge < -0.3 is 14.6 Å². The first-order valence-electron chi connectivity index (χ1n) is 7.08. The van der Waals surface area contributed by atoms with Crippen LogP contribution in [0.2, 0.25) is 0 Å². The van der Waals surface area contributed by atoms with E-state index in [1.807, 2.05) is 40.7 Å². The summed E-state index contributed by atoms with van der Waals surface area (Å²) in [5.74, 6) is 0. The highest BCUT2D eigenvalue weighted by atomic mass is 16.6. The lowest BCUT2D eigenvalue weighted by Gasteiger charge is -2.39. The van der Waals surface area contributed by atoms with Gasteiger partial charge in [-0.3, -0.25) is 4.90 Å². The highest BCUT2D eigenvalue weighted by Crippen LogP contribution is 2.44. The monoisotopic (exact) mass is 283 g/mol. The molecule has 1 heterocycles. The van der Waals surface area contributed by atoms with E-state index in [0.29, 0.717) is 6.61 Å². The molecule has 0 aromatic heterocycles. The molecule has 1 aliphatic heterocycles. The van der Waals surface area contributed by atoms with Crippen LogP contribution < -0.4 is 0 Å². The molecule has 20 heavy (non-hydrogen) atoms. The Bertz CT molecular complexity index is 436. The number of rotatable bonds is 1. The van der Waals surface area contributed by atoms with E-state index in [-0.39, 0.29) is 12.7 Å². The van der Waals surface area contributed by atoms with Crippen molar-refractivity contribution in [2.75, 3.05) is 13.2 Å². The minimum Gasteiger partial charge on any atom is -0.444 e. The number of amides is 1. The number of hydrogen-bond donors (Lipinski definition) is 1. The molecule has 5 nitrogen and oxygen atoms in total. The van der Waals surface area contributed by atoms with Gasteiger partial charge in [0.1, 0.15) is 11.3 Å². The molecule has 0 radical (unpaired) electrons. The molecule has 1 N–H and O–H groups in total. The maximum absolute atomic E-state index is 12.6. The van der Waals surface area contributed by atoms with Crippen LogP contribution in [0.15, 0.2) is 11.6 Å². The number of ether oxygens (including phenoxy) is 2. The maximum Gasteiger partial charge on any atom is 0.413 e. The van der Waals surface area contributed by atoms with Crippen LogP contribution in [0.1, 0.15) is 47.5 Å². The van der Waals surface area contributed by atoms with E-state index in [2.05, 4.69) is 0 Å². The zero-order valence-corrected chi connectivity index (χ0v) is 13.0. The predicted molar refractivity (Wildman–Crippen MR) is 75.2 cm³/mol. The molecule has 1 atom stereocenters. The van der Waals surface area contributed by atoms with Crippen LogP contribution in [-0.4, -0.2) is 46.2 Å². The molecule has 1 aliphatic carbocycles. The van der Waals surface area contributed by atoms with Gasteiger partial charge in [0.05, 0.1) is 18.8 Å². The Kier molecular flexibility index (Phi) is 3.63. The van der Waals surface area contributed by atoms with Crippen LogP contribution in [0.25, 0.3) is 0 Å². The zero-order chi connectivity index (χ0) is 15.2. The Morgan fingerprint density at radius 3 is 2.65 bits per heavy atom. The van der Waals surface area contributed by atoms with Crippen molar-refractivity contribution >= 4 is 6.09 Å². The van der Waals surface area contributed by atoms with Crippen molar-refractivity contribution < 1.29 is 19.4 Å². The Labute approximate surface area is 120 Å². The lowest BCUT2D eigenvalue weighted by molar-refractivity contribution is -0.0661. The standard InChI is InChI=1S/C15H25NO4/c1-13(2,3)20-12(18)16-14(4,5)19-10-15(16)7-6-11(8-15)9-17/h8,17H,6-7,9-10H2,1-5H3/t15-/m0/s1. The lowest BCUT2D eigenvalue weighted by Crippen LogP contribution is -2.55. The first-order valence-corrected chi connectivity index (χ1v) is 7.08. The molecule has 1 amide bonds. The summed E-state index contributed by atoms with van der Waals surface area (Å²) < 4.78 is 11.3. The first kappa shape index (κ1) is 15.3. The molecule has 2 aliphatic rings. The number of hydrogen-bond acceptors (Lipinski definition) is 4. The SMILES string of the molecule is CC(C)(C)OC(=O)N1C(C)(C)OC[C@]12C=C(CO)CC2. The van der Waals surface area contributed by atoms with E-state index in [9.17, 15) is 9.90 Å². The van der Waals surface area contributed by atoms with Gasteiger partial charge in [0.2, 0.25) is 0 Å². The molecular formula is C15H25NO4. The van der Waals surface area contributed by atoms with Gasteiger partial charge in [0.15, 0.2) is 0 Å². The molecule has 1 fully saturated rings. The second kappa shape index (κ2) is 4.74. The summed E-state index contributed by atoms with van der Waals surface area (Å²) in [6.07, 6.45) is 3.17. The zero-order valence-electron chi connectivity index (χ0n) is 13.0. The minimum atomic E-state index is -0.705. The number of aliphatic hydroxyl groups is 1. The largest absolute Gasteiger partial charge is 0.444 e. The fourth-order valence-corrected chi connectivity index (χ4v) is 2.99. The van der Waals surface area contributed by atoms with Crippen LogP contribution in [0.3, 0.4) is 0 Å². The Morgan fingerprint density at radius 2 is 2.15 bits per heavy atom. The third-order valence-corrected chi connectivity index (χ3v) is 3.79. The second-order valence-electron chi connectivity index (χ2n) is 7.12. The first-order chi connectivity index (χ1) is 9.10. The third kappa shape index (κ3) is 2.69. The average Bonchev–Trinajstić information content (AvgIpc) is 2.79. The van der Waals surface area contributed by atoms with Crippen molar-refractivity contribution in [3.63, 3.8) is 0 Å². The van der Waals surface area contributed by atoms with Crippen molar-refractivity contribution in [3.05, 3.63) is 11.6 Å². The summed E-state index contributed by atoms with van der Waals surface area (Å²) in [6, 6.07) is 0. The normalized spacial score (nSPS) is 28.9. The smallest absolute Gasteiger partial charge is 0.413 e. The van der Waals surface area contributed by atoms with E-state index in [1.54, 1.807) is 4.90 Å². The predicted octanol–water partition coefficient (Wildman–Crippen LogP) is 2.44. The van der Waals surface area contributed by atoms with Gasteiger partial charge in [0, 0.05) is 0 Å². The number of carbonyl (C=O) groups excluding carboxylic acids is 1. The highest BCUT2D eigenvalue weighted by Gasteiger charge is 2.55. The molecule has 1 spiro atoms. The molecule has 2 rings (SSSR count). The van der Waals surface area contributed by atoms with Gasteiger partial charge in [-0.2, -0.15) is 0 Å². The number of aliphatic hydroxyl groups excluding tert-OH is 1. The van der Waals surface area contributed by atoms with Crippen LogP contribution >= 0.6 is 0 Å². The summed E-state index contributed by atoms with van der Waals surface area (Å²) in [4.78, 5) is 14.3. The molecule has 0 bridgehead atoms. The van der Waals surface area contributed by atoms with Crippen molar-refractivity contribution in [1.82, 2.24) is 4.90 Å².